The Morgan fingerprint density at radius 1 is 1.25 bits per heavy atom. The van der Waals surface area contributed by atoms with Gasteiger partial charge in [0.1, 0.15) is 5.75 Å². The molecule has 0 bridgehead atoms. The Bertz CT molecular complexity index is 455. The fraction of sp³-hybridized carbons (Fsp3) is 0.533. The zero-order valence-corrected chi connectivity index (χ0v) is 11.8. The highest BCUT2D eigenvalue weighted by Crippen LogP contribution is 2.23. The third kappa shape index (κ3) is 3.68. The van der Waals surface area contributed by atoms with Gasteiger partial charge in [0.15, 0.2) is 0 Å². The highest BCUT2D eigenvalue weighted by molar-refractivity contribution is 5.83. The molecular weight excluding hydrogens is 262 g/mol. The van der Waals surface area contributed by atoms with Gasteiger partial charge >= 0.3 is 6.61 Å². The number of halogens is 2. The van der Waals surface area contributed by atoms with Crippen LogP contribution in [0.25, 0.3) is 0 Å². The molecule has 2 atom stereocenters. The van der Waals surface area contributed by atoms with Crippen LogP contribution < -0.4 is 4.74 Å². The molecule has 20 heavy (non-hydrogen) atoms. The van der Waals surface area contributed by atoms with E-state index >= 15 is 0 Å². The monoisotopic (exact) mass is 282 g/mol. The fourth-order valence-corrected chi connectivity index (χ4v) is 2.55. The summed E-state index contributed by atoms with van der Waals surface area (Å²) >= 11 is 0. The van der Waals surface area contributed by atoms with Gasteiger partial charge < -0.3 is 4.74 Å². The first-order chi connectivity index (χ1) is 9.58. The van der Waals surface area contributed by atoms with Crippen molar-refractivity contribution in [2.45, 2.75) is 51.8 Å². The number of alkyl halides is 2. The van der Waals surface area contributed by atoms with Crippen LogP contribution in [0, 0.1) is 0 Å². The Hall–Kier alpha value is -1.65. The first-order valence-electron chi connectivity index (χ1n) is 6.94. The molecule has 0 aliphatic carbocycles. The van der Waals surface area contributed by atoms with E-state index in [1.165, 1.54) is 12.5 Å². The normalized spacial score (nSPS) is 23.6. The van der Waals surface area contributed by atoms with Gasteiger partial charge in [-0.05, 0) is 45.2 Å². The molecule has 1 aromatic rings. The van der Waals surface area contributed by atoms with Crippen molar-refractivity contribution in [2.24, 2.45) is 5.10 Å². The second-order valence-electron chi connectivity index (χ2n) is 5.17. The van der Waals surface area contributed by atoms with Crippen molar-refractivity contribution in [1.29, 1.82) is 0 Å². The number of hydrogen-bond acceptors (Lipinski definition) is 3. The number of para-hydroxylation sites is 1. The van der Waals surface area contributed by atoms with Crippen LogP contribution in [0.5, 0.6) is 5.75 Å². The molecule has 0 N–H and O–H groups in total. The van der Waals surface area contributed by atoms with Gasteiger partial charge in [0.2, 0.25) is 0 Å². The molecule has 0 radical (unpaired) electrons. The van der Waals surface area contributed by atoms with Crippen molar-refractivity contribution in [1.82, 2.24) is 5.01 Å². The number of nitrogens with zero attached hydrogens (tertiary/aromatic N) is 2. The molecule has 0 saturated carbocycles. The van der Waals surface area contributed by atoms with Crippen LogP contribution in [-0.4, -0.2) is 29.9 Å². The highest BCUT2D eigenvalue weighted by atomic mass is 19.3. The van der Waals surface area contributed by atoms with Crippen molar-refractivity contribution in [2.75, 3.05) is 0 Å². The molecule has 0 aromatic heterocycles. The summed E-state index contributed by atoms with van der Waals surface area (Å²) in [5.74, 6) is 0.156. The van der Waals surface area contributed by atoms with Crippen molar-refractivity contribution in [3.8, 4) is 5.75 Å². The van der Waals surface area contributed by atoms with E-state index < -0.39 is 6.61 Å². The number of piperidine rings is 1. The summed E-state index contributed by atoms with van der Waals surface area (Å²) in [6, 6.07) is 7.44. The average Bonchev–Trinajstić information content (AvgIpc) is 2.39. The molecule has 1 aliphatic rings. The van der Waals surface area contributed by atoms with Gasteiger partial charge in [0, 0.05) is 17.6 Å². The minimum atomic E-state index is -2.82. The molecule has 1 fully saturated rings. The summed E-state index contributed by atoms with van der Waals surface area (Å²) in [5.41, 5.74) is 0.567. The highest BCUT2D eigenvalue weighted by Gasteiger charge is 2.22. The Labute approximate surface area is 118 Å². The minimum Gasteiger partial charge on any atom is -0.434 e. The van der Waals surface area contributed by atoms with E-state index in [-0.39, 0.29) is 5.75 Å². The van der Waals surface area contributed by atoms with Crippen LogP contribution in [0.15, 0.2) is 29.4 Å². The number of hydrazone groups is 1. The van der Waals surface area contributed by atoms with Crippen LogP contribution in [-0.2, 0) is 0 Å². The second kappa shape index (κ2) is 6.68. The van der Waals surface area contributed by atoms with Gasteiger partial charge in [-0.15, -0.1) is 0 Å². The van der Waals surface area contributed by atoms with E-state index in [0.29, 0.717) is 17.6 Å². The molecular formula is C15H20F2N2O. The molecule has 1 saturated heterocycles. The zero-order valence-electron chi connectivity index (χ0n) is 11.8. The van der Waals surface area contributed by atoms with Crippen LogP contribution in [0.4, 0.5) is 8.78 Å². The molecule has 3 nitrogen and oxygen atoms in total. The molecule has 0 unspecified atom stereocenters. The zero-order chi connectivity index (χ0) is 14.5. The standard InChI is InChI=1S/C15H20F2N2O/c1-11-6-5-7-12(2)19(11)18-10-13-8-3-4-9-14(13)20-15(16)17/h3-4,8-12,15H,5-7H2,1-2H3/b18-10-/t11-,12-/m1/s1. The molecule has 0 amide bonds. The van der Waals surface area contributed by atoms with Crippen LogP contribution in [0.2, 0.25) is 0 Å². The van der Waals surface area contributed by atoms with Crippen LogP contribution >= 0.6 is 0 Å². The largest absolute Gasteiger partial charge is 0.434 e. The molecule has 2 rings (SSSR count). The molecule has 1 aliphatic heterocycles. The lowest BCUT2D eigenvalue weighted by atomic mass is 10.00. The summed E-state index contributed by atoms with van der Waals surface area (Å²) in [6.07, 6.45) is 5.03. The topological polar surface area (TPSA) is 24.8 Å². The van der Waals surface area contributed by atoms with E-state index in [1.54, 1.807) is 24.4 Å². The quantitative estimate of drug-likeness (QED) is 0.783. The van der Waals surface area contributed by atoms with E-state index in [9.17, 15) is 8.78 Å². The van der Waals surface area contributed by atoms with E-state index in [4.69, 9.17) is 0 Å². The molecule has 110 valence electrons. The second-order valence-corrected chi connectivity index (χ2v) is 5.17. The predicted molar refractivity (Wildman–Crippen MR) is 75.3 cm³/mol. The minimum absolute atomic E-state index is 0.156. The van der Waals surface area contributed by atoms with Crippen molar-refractivity contribution >= 4 is 6.21 Å². The summed E-state index contributed by atoms with van der Waals surface area (Å²) in [6.45, 7) is 1.45. The predicted octanol–water partition coefficient (Wildman–Crippen LogP) is 3.88. The Morgan fingerprint density at radius 2 is 1.90 bits per heavy atom. The smallest absolute Gasteiger partial charge is 0.387 e. The molecule has 0 spiro atoms. The van der Waals surface area contributed by atoms with Gasteiger partial charge in [-0.3, -0.25) is 5.01 Å². The Balaban J connectivity index is 2.14. The molecule has 1 aromatic carbocycles. The summed E-state index contributed by atoms with van der Waals surface area (Å²) < 4.78 is 29.2. The van der Waals surface area contributed by atoms with Gasteiger partial charge in [-0.1, -0.05) is 12.1 Å². The first-order valence-corrected chi connectivity index (χ1v) is 6.94. The SMILES string of the molecule is C[C@@H]1CCC[C@@H](C)N1/N=C\c1ccccc1OC(F)F. The first kappa shape index (κ1) is 14.8. The lowest BCUT2D eigenvalue weighted by Gasteiger charge is -2.36. The maximum Gasteiger partial charge on any atom is 0.387 e. The number of benzene rings is 1. The lowest BCUT2D eigenvalue weighted by molar-refractivity contribution is -0.0499. The van der Waals surface area contributed by atoms with Gasteiger partial charge in [-0.2, -0.15) is 13.9 Å². The van der Waals surface area contributed by atoms with Crippen LogP contribution in [0.1, 0.15) is 38.7 Å². The Kier molecular flexibility index (Phi) is 4.93. The van der Waals surface area contributed by atoms with Crippen LogP contribution in [0.3, 0.4) is 0 Å². The number of hydrogen-bond donors (Lipinski definition) is 0. The van der Waals surface area contributed by atoms with Gasteiger partial charge in [-0.25, -0.2) is 0 Å². The van der Waals surface area contributed by atoms with E-state index in [0.717, 1.165) is 12.8 Å². The summed E-state index contributed by atoms with van der Waals surface area (Å²) in [7, 11) is 0. The van der Waals surface area contributed by atoms with Crippen molar-refractivity contribution < 1.29 is 13.5 Å². The average molecular weight is 282 g/mol. The third-order valence-corrected chi connectivity index (χ3v) is 3.61. The molecule has 5 heteroatoms. The summed E-state index contributed by atoms with van der Waals surface area (Å²) in [4.78, 5) is 0. The lowest BCUT2D eigenvalue weighted by Crippen LogP contribution is -2.39. The maximum absolute atomic E-state index is 12.3. The van der Waals surface area contributed by atoms with E-state index in [2.05, 4.69) is 23.7 Å². The third-order valence-electron chi connectivity index (χ3n) is 3.61. The van der Waals surface area contributed by atoms with Crippen molar-refractivity contribution in [3.63, 3.8) is 0 Å². The number of ether oxygens (including phenoxy) is 1. The summed E-state index contributed by atoms with van der Waals surface area (Å²) in [5, 5.41) is 6.51. The van der Waals surface area contributed by atoms with Gasteiger partial charge in [0.05, 0.1) is 6.21 Å². The number of rotatable bonds is 4. The van der Waals surface area contributed by atoms with Gasteiger partial charge in [0.25, 0.3) is 0 Å². The molecule has 1 heterocycles. The fourth-order valence-electron chi connectivity index (χ4n) is 2.55. The van der Waals surface area contributed by atoms with E-state index in [1.807, 2.05) is 5.01 Å². The van der Waals surface area contributed by atoms with Crippen molar-refractivity contribution in [3.05, 3.63) is 29.8 Å². The maximum atomic E-state index is 12.3. The Morgan fingerprint density at radius 3 is 2.55 bits per heavy atom.